The molecule has 1 N–H and O–H groups in total. The van der Waals surface area contributed by atoms with Crippen LogP contribution in [0, 0.1) is 0 Å². The molecule has 19 heavy (non-hydrogen) atoms. The Hall–Kier alpha value is -1.29. The highest BCUT2D eigenvalue weighted by Gasteiger charge is 2.03. The lowest BCUT2D eigenvalue weighted by atomic mass is 10.3. The molecular weight excluding hydrogens is 283 g/mol. The minimum atomic E-state index is 0.473. The third-order valence-electron chi connectivity index (χ3n) is 2.47. The molecule has 1 aromatic heterocycles. The van der Waals surface area contributed by atoms with Gasteiger partial charge in [-0.15, -0.1) is 0 Å². The van der Waals surface area contributed by atoms with Crippen LogP contribution in [-0.2, 0) is 6.54 Å². The molecule has 5 heteroatoms. The number of aromatic nitrogens is 1. The van der Waals surface area contributed by atoms with Crippen molar-refractivity contribution in [3.05, 3.63) is 52.3 Å². The third-order valence-corrected chi connectivity index (χ3v) is 3.21. The zero-order valence-corrected chi connectivity index (χ0v) is 12.0. The molecule has 1 aromatic carbocycles. The van der Waals surface area contributed by atoms with Crippen LogP contribution in [0.25, 0.3) is 0 Å². The number of halogens is 2. The minimum Gasteiger partial charge on any atom is -0.457 e. The summed E-state index contributed by atoms with van der Waals surface area (Å²) in [6.07, 6.45) is 1.72. The van der Waals surface area contributed by atoms with E-state index in [0.717, 1.165) is 24.5 Å². The molecule has 0 spiro atoms. The zero-order valence-electron chi connectivity index (χ0n) is 10.5. The van der Waals surface area contributed by atoms with Gasteiger partial charge in [-0.05, 0) is 24.7 Å². The van der Waals surface area contributed by atoms with Crippen molar-refractivity contribution in [1.82, 2.24) is 10.3 Å². The molecule has 0 saturated carbocycles. The molecule has 2 aromatic rings. The molecule has 3 nitrogen and oxygen atoms in total. The van der Waals surface area contributed by atoms with Gasteiger partial charge >= 0.3 is 0 Å². The van der Waals surface area contributed by atoms with Gasteiger partial charge < -0.3 is 10.1 Å². The van der Waals surface area contributed by atoms with Crippen LogP contribution in [0.2, 0.25) is 10.0 Å². The number of rotatable bonds is 5. The van der Waals surface area contributed by atoms with Crippen LogP contribution in [0.3, 0.4) is 0 Å². The van der Waals surface area contributed by atoms with Crippen molar-refractivity contribution in [3.63, 3.8) is 0 Å². The first kappa shape index (κ1) is 14.1. The van der Waals surface area contributed by atoms with Crippen LogP contribution in [0.15, 0.2) is 36.5 Å². The van der Waals surface area contributed by atoms with Gasteiger partial charge in [-0.3, -0.25) is 4.98 Å². The molecule has 2 rings (SSSR count). The fraction of sp³-hybridized carbons (Fsp3) is 0.214. The zero-order chi connectivity index (χ0) is 13.7. The van der Waals surface area contributed by atoms with E-state index < -0.39 is 0 Å². The largest absolute Gasteiger partial charge is 0.457 e. The fourth-order valence-corrected chi connectivity index (χ4v) is 1.83. The Balaban J connectivity index is 2.11. The summed E-state index contributed by atoms with van der Waals surface area (Å²) >= 11 is 11.8. The SMILES string of the molecule is CCNCc1cc(Oc2ccc(Cl)c(Cl)c2)ccn1. The van der Waals surface area contributed by atoms with E-state index in [0.29, 0.717) is 15.8 Å². The molecule has 0 aliphatic carbocycles. The lowest BCUT2D eigenvalue weighted by Crippen LogP contribution is -2.12. The van der Waals surface area contributed by atoms with E-state index in [1.165, 1.54) is 0 Å². The highest BCUT2D eigenvalue weighted by atomic mass is 35.5. The summed E-state index contributed by atoms with van der Waals surface area (Å²) in [5.41, 5.74) is 0.930. The molecule has 0 saturated heterocycles. The van der Waals surface area contributed by atoms with Crippen LogP contribution in [0.4, 0.5) is 0 Å². The van der Waals surface area contributed by atoms with Gasteiger partial charge in [0.15, 0.2) is 0 Å². The molecule has 0 aliphatic rings. The maximum atomic E-state index is 5.95. The minimum absolute atomic E-state index is 0.473. The van der Waals surface area contributed by atoms with Crippen LogP contribution in [0.1, 0.15) is 12.6 Å². The van der Waals surface area contributed by atoms with Gasteiger partial charge in [-0.25, -0.2) is 0 Å². The Morgan fingerprint density at radius 2 is 1.89 bits per heavy atom. The van der Waals surface area contributed by atoms with Gasteiger partial charge in [0, 0.05) is 24.9 Å². The molecule has 100 valence electrons. The van der Waals surface area contributed by atoms with E-state index >= 15 is 0 Å². The van der Waals surface area contributed by atoms with Gasteiger partial charge in [-0.1, -0.05) is 30.1 Å². The van der Waals surface area contributed by atoms with E-state index in [-0.39, 0.29) is 0 Å². The number of ether oxygens (including phenoxy) is 1. The number of nitrogens with zero attached hydrogens (tertiary/aromatic N) is 1. The average Bonchev–Trinajstić information content (AvgIpc) is 2.41. The summed E-state index contributed by atoms with van der Waals surface area (Å²) < 4.78 is 5.72. The van der Waals surface area contributed by atoms with Gasteiger partial charge in [-0.2, -0.15) is 0 Å². The van der Waals surface area contributed by atoms with Crippen LogP contribution in [-0.4, -0.2) is 11.5 Å². The van der Waals surface area contributed by atoms with Crippen molar-refractivity contribution < 1.29 is 4.74 Å². The van der Waals surface area contributed by atoms with Crippen molar-refractivity contribution >= 4 is 23.2 Å². The molecular formula is C14H14Cl2N2O. The van der Waals surface area contributed by atoms with Crippen molar-refractivity contribution in [2.24, 2.45) is 0 Å². The summed E-state index contributed by atoms with van der Waals surface area (Å²) in [7, 11) is 0. The van der Waals surface area contributed by atoms with Crippen LogP contribution in [0.5, 0.6) is 11.5 Å². The Labute approximate surface area is 122 Å². The Bertz CT molecular complexity index is 561. The van der Waals surface area contributed by atoms with E-state index in [1.54, 1.807) is 30.5 Å². The quantitative estimate of drug-likeness (QED) is 0.894. The summed E-state index contributed by atoms with van der Waals surface area (Å²) in [6.45, 7) is 3.67. The first-order chi connectivity index (χ1) is 9.19. The smallest absolute Gasteiger partial charge is 0.130 e. The summed E-state index contributed by atoms with van der Waals surface area (Å²) in [6, 6.07) is 8.87. The maximum absolute atomic E-state index is 5.95. The first-order valence-corrected chi connectivity index (χ1v) is 6.73. The molecule has 0 amide bonds. The molecule has 0 unspecified atom stereocenters. The van der Waals surface area contributed by atoms with E-state index in [4.69, 9.17) is 27.9 Å². The molecule has 0 radical (unpaired) electrons. The Kier molecular flexibility index (Phi) is 5.02. The Morgan fingerprint density at radius 1 is 1.11 bits per heavy atom. The first-order valence-electron chi connectivity index (χ1n) is 5.97. The highest BCUT2D eigenvalue weighted by molar-refractivity contribution is 6.42. The van der Waals surface area contributed by atoms with Crippen molar-refractivity contribution in [1.29, 1.82) is 0 Å². The number of hydrogen-bond acceptors (Lipinski definition) is 3. The predicted molar refractivity (Wildman–Crippen MR) is 78.2 cm³/mol. The van der Waals surface area contributed by atoms with Crippen LogP contribution < -0.4 is 10.1 Å². The van der Waals surface area contributed by atoms with Gasteiger partial charge in [0.05, 0.1) is 15.7 Å². The van der Waals surface area contributed by atoms with Gasteiger partial charge in [0.25, 0.3) is 0 Å². The third kappa shape index (κ3) is 4.10. The van der Waals surface area contributed by atoms with E-state index in [1.807, 2.05) is 6.07 Å². The summed E-state index contributed by atoms with van der Waals surface area (Å²) in [5.74, 6) is 1.37. The predicted octanol–water partition coefficient (Wildman–Crippen LogP) is 4.29. The van der Waals surface area contributed by atoms with E-state index in [2.05, 4.69) is 17.2 Å². The maximum Gasteiger partial charge on any atom is 0.130 e. The lowest BCUT2D eigenvalue weighted by Gasteiger charge is -2.08. The standard InChI is InChI=1S/C14H14Cl2N2O/c1-2-17-9-10-7-12(5-6-18-10)19-11-3-4-13(15)14(16)8-11/h3-8,17H,2,9H2,1H3. The molecule has 0 bridgehead atoms. The average molecular weight is 297 g/mol. The number of pyridine rings is 1. The monoisotopic (exact) mass is 296 g/mol. The Morgan fingerprint density at radius 3 is 2.63 bits per heavy atom. The van der Waals surface area contributed by atoms with Crippen LogP contribution >= 0.6 is 23.2 Å². The second-order valence-electron chi connectivity index (χ2n) is 3.94. The summed E-state index contributed by atoms with van der Waals surface area (Å²) in [4.78, 5) is 4.26. The number of nitrogens with one attached hydrogen (secondary N) is 1. The van der Waals surface area contributed by atoms with Gasteiger partial charge in [0.2, 0.25) is 0 Å². The highest BCUT2D eigenvalue weighted by Crippen LogP contribution is 2.29. The number of hydrogen-bond donors (Lipinski definition) is 1. The second-order valence-corrected chi connectivity index (χ2v) is 4.76. The second kappa shape index (κ2) is 6.75. The number of benzene rings is 1. The van der Waals surface area contributed by atoms with Crippen molar-refractivity contribution in [3.8, 4) is 11.5 Å². The fourth-order valence-electron chi connectivity index (χ4n) is 1.55. The molecule has 0 aliphatic heterocycles. The normalized spacial score (nSPS) is 10.5. The molecule has 0 fully saturated rings. The molecule has 0 atom stereocenters. The van der Waals surface area contributed by atoms with Gasteiger partial charge in [0.1, 0.15) is 11.5 Å². The van der Waals surface area contributed by atoms with Crippen molar-refractivity contribution in [2.45, 2.75) is 13.5 Å². The summed E-state index contributed by atoms with van der Waals surface area (Å²) in [5, 5.41) is 4.20. The van der Waals surface area contributed by atoms with Crippen molar-refractivity contribution in [2.75, 3.05) is 6.54 Å². The topological polar surface area (TPSA) is 34.1 Å². The lowest BCUT2D eigenvalue weighted by molar-refractivity contribution is 0.480. The van der Waals surface area contributed by atoms with E-state index in [9.17, 15) is 0 Å². The molecule has 1 heterocycles.